The van der Waals surface area contributed by atoms with Gasteiger partial charge in [-0.25, -0.2) is 4.79 Å². The number of rotatable bonds is 4. The standard InChI is InChI=1S/C15H16N2O3/c1-10-5-11(8-17-7-10)9-20-14-6-12(15(18)19-2)3-4-13(14)16/h3-8H,9,16H2,1-2H3. The van der Waals surface area contributed by atoms with E-state index < -0.39 is 5.97 Å². The SMILES string of the molecule is COC(=O)c1ccc(N)c(OCc2cncc(C)c2)c1. The van der Waals surface area contributed by atoms with E-state index in [2.05, 4.69) is 9.72 Å². The maximum Gasteiger partial charge on any atom is 0.337 e. The first-order valence-corrected chi connectivity index (χ1v) is 6.11. The lowest BCUT2D eigenvalue weighted by Crippen LogP contribution is -2.04. The first kappa shape index (κ1) is 13.9. The van der Waals surface area contributed by atoms with Crippen molar-refractivity contribution in [2.75, 3.05) is 12.8 Å². The van der Waals surface area contributed by atoms with Gasteiger partial charge < -0.3 is 15.2 Å². The van der Waals surface area contributed by atoms with Gasteiger partial charge in [-0.15, -0.1) is 0 Å². The lowest BCUT2D eigenvalue weighted by atomic mass is 10.2. The molecule has 0 bridgehead atoms. The molecule has 5 nitrogen and oxygen atoms in total. The van der Waals surface area contributed by atoms with Crippen LogP contribution in [-0.4, -0.2) is 18.1 Å². The maximum absolute atomic E-state index is 11.5. The van der Waals surface area contributed by atoms with E-state index in [1.54, 1.807) is 30.6 Å². The monoisotopic (exact) mass is 272 g/mol. The highest BCUT2D eigenvalue weighted by Crippen LogP contribution is 2.24. The van der Waals surface area contributed by atoms with Crippen molar-refractivity contribution in [3.05, 3.63) is 53.3 Å². The third-order valence-electron chi connectivity index (χ3n) is 2.76. The zero-order chi connectivity index (χ0) is 14.5. The molecule has 5 heteroatoms. The smallest absolute Gasteiger partial charge is 0.337 e. The zero-order valence-electron chi connectivity index (χ0n) is 11.4. The van der Waals surface area contributed by atoms with Crippen molar-refractivity contribution in [2.24, 2.45) is 0 Å². The summed E-state index contributed by atoms with van der Waals surface area (Å²) < 4.78 is 10.3. The molecular formula is C15H16N2O3. The predicted molar refractivity (Wildman–Crippen MR) is 75.5 cm³/mol. The van der Waals surface area contributed by atoms with Crippen LogP contribution in [-0.2, 0) is 11.3 Å². The van der Waals surface area contributed by atoms with Gasteiger partial charge in [0.2, 0.25) is 0 Å². The fourth-order valence-corrected chi connectivity index (χ4v) is 1.76. The average molecular weight is 272 g/mol. The fraction of sp³-hybridized carbons (Fsp3) is 0.200. The Morgan fingerprint density at radius 1 is 1.30 bits per heavy atom. The summed E-state index contributed by atoms with van der Waals surface area (Å²) in [6.45, 7) is 2.30. The van der Waals surface area contributed by atoms with Crippen molar-refractivity contribution in [1.29, 1.82) is 0 Å². The molecule has 0 radical (unpaired) electrons. The highest BCUT2D eigenvalue weighted by Gasteiger charge is 2.09. The lowest BCUT2D eigenvalue weighted by Gasteiger charge is -2.10. The molecule has 0 saturated carbocycles. The number of ether oxygens (including phenoxy) is 2. The summed E-state index contributed by atoms with van der Waals surface area (Å²) >= 11 is 0. The van der Waals surface area contributed by atoms with E-state index in [1.807, 2.05) is 13.0 Å². The van der Waals surface area contributed by atoms with Crippen molar-refractivity contribution in [3.8, 4) is 5.75 Å². The van der Waals surface area contributed by atoms with E-state index in [9.17, 15) is 4.79 Å². The van der Waals surface area contributed by atoms with Crippen LogP contribution in [0.5, 0.6) is 5.75 Å². The van der Waals surface area contributed by atoms with Gasteiger partial charge in [0.25, 0.3) is 0 Å². The molecule has 0 saturated heterocycles. The van der Waals surface area contributed by atoms with Gasteiger partial charge in [-0.1, -0.05) is 0 Å². The predicted octanol–water partition coefficient (Wildman–Crippen LogP) is 2.34. The van der Waals surface area contributed by atoms with Gasteiger partial charge in [0.05, 0.1) is 18.4 Å². The second-order valence-corrected chi connectivity index (χ2v) is 4.40. The van der Waals surface area contributed by atoms with Gasteiger partial charge in [0, 0.05) is 18.0 Å². The first-order chi connectivity index (χ1) is 9.60. The van der Waals surface area contributed by atoms with E-state index >= 15 is 0 Å². The van der Waals surface area contributed by atoms with Gasteiger partial charge in [-0.2, -0.15) is 0 Å². The fourth-order valence-electron chi connectivity index (χ4n) is 1.76. The Morgan fingerprint density at radius 3 is 2.80 bits per heavy atom. The zero-order valence-corrected chi connectivity index (χ0v) is 11.4. The summed E-state index contributed by atoms with van der Waals surface area (Å²) in [5.74, 6) is 0.0291. The van der Waals surface area contributed by atoms with Crippen molar-refractivity contribution >= 4 is 11.7 Å². The average Bonchev–Trinajstić information content (AvgIpc) is 2.45. The number of nitrogen functional groups attached to an aromatic ring is 1. The van der Waals surface area contributed by atoms with Crippen LogP contribution in [0, 0.1) is 6.92 Å². The molecule has 20 heavy (non-hydrogen) atoms. The van der Waals surface area contributed by atoms with E-state index in [4.69, 9.17) is 10.5 Å². The number of pyridine rings is 1. The van der Waals surface area contributed by atoms with Crippen molar-refractivity contribution in [3.63, 3.8) is 0 Å². The molecule has 0 aliphatic carbocycles. The van der Waals surface area contributed by atoms with Crippen LogP contribution in [0.15, 0.2) is 36.7 Å². The molecule has 2 N–H and O–H groups in total. The number of hydrogen-bond donors (Lipinski definition) is 1. The van der Waals surface area contributed by atoms with Gasteiger partial charge in [0.1, 0.15) is 12.4 Å². The second kappa shape index (κ2) is 6.06. The molecule has 0 aliphatic heterocycles. The Morgan fingerprint density at radius 2 is 2.10 bits per heavy atom. The molecular weight excluding hydrogens is 256 g/mol. The molecule has 0 aliphatic rings. The van der Waals surface area contributed by atoms with E-state index in [0.717, 1.165) is 11.1 Å². The molecule has 0 spiro atoms. The lowest BCUT2D eigenvalue weighted by molar-refractivity contribution is 0.0600. The number of carbonyl (C=O) groups excluding carboxylic acids is 1. The number of methoxy groups -OCH3 is 1. The van der Waals surface area contributed by atoms with E-state index in [1.165, 1.54) is 7.11 Å². The Bertz CT molecular complexity index is 626. The number of nitrogens with zero attached hydrogens (tertiary/aromatic N) is 1. The molecule has 0 amide bonds. The van der Waals surface area contributed by atoms with E-state index in [-0.39, 0.29) is 0 Å². The van der Waals surface area contributed by atoms with Crippen LogP contribution in [0.25, 0.3) is 0 Å². The third kappa shape index (κ3) is 3.26. The minimum Gasteiger partial charge on any atom is -0.487 e. The summed E-state index contributed by atoms with van der Waals surface area (Å²) in [6.07, 6.45) is 3.50. The normalized spacial score (nSPS) is 10.1. The number of aryl methyl sites for hydroxylation is 1. The number of hydrogen-bond acceptors (Lipinski definition) is 5. The highest BCUT2D eigenvalue weighted by atomic mass is 16.5. The number of aromatic nitrogens is 1. The number of carbonyl (C=O) groups is 1. The number of anilines is 1. The maximum atomic E-state index is 11.5. The molecule has 0 atom stereocenters. The quantitative estimate of drug-likeness (QED) is 0.683. The van der Waals surface area contributed by atoms with Crippen LogP contribution in [0.1, 0.15) is 21.5 Å². The van der Waals surface area contributed by atoms with Crippen LogP contribution in [0.2, 0.25) is 0 Å². The molecule has 104 valence electrons. The summed E-state index contributed by atoms with van der Waals surface area (Å²) in [7, 11) is 1.33. The number of nitrogens with two attached hydrogens (primary N) is 1. The molecule has 2 rings (SSSR count). The minimum atomic E-state index is -0.424. The van der Waals surface area contributed by atoms with Crippen LogP contribution < -0.4 is 10.5 Å². The Labute approximate surface area is 117 Å². The molecule has 1 aromatic heterocycles. The Hall–Kier alpha value is -2.56. The molecule has 0 fully saturated rings. The topological polar surface area (TPSA) is 74.4 Å². The minimum absolute atomic E-state index is 0.337. The van der Waals surface area contributed by atoms with Gasteiger partial charge in [0.15, 0.2) is 0 Å². The highest BCUT2D eigenvalue weighted by molar-refractivity contribution is 5.90. The van der Waals surface area contributed by atoms with Gasteiger partial charge >= 0.3 is 5.97 Å². The van der Waals surface area contributed by atoms with Crippen LogP contribution >= 0.6 is 0 Å². The summed E-state index contributed by atoms with van der Waals surface area (Å²) in [5, 5.41) is 0. The molecule has 0 unspecified atom stereocenters. The summed E-state index contributed by atoms with van der Waals surface area (Å²) in [4.78, 5) is 15.6. The largest absolute Gasteiger partial charge is 0.487 e. The Kier molecular flexibility index (Phi) is 4.20. The Balaban J connectivity index is 2.14. The molecule has 1 aromatic carbocycles. The van der Waals surface area contributed by atoms with Crippen molar-refractivity contribution < 1.29 is 14.3 Å². The van der Waals surface area contributed by atoms with Gasteiger partial charge in [-0.05, 0) is 36.8 Å². The first-order valence-electron chi connectivity index (χ1n) is 6.11. The molecule has 2 aromatic rings. The number of benzene rings is 1. The molecule has 1 heterocycles. The van der Waals surface area contributed by atoms with Crippen molar-refractivity contribution in [1.82, 2.24) is 4.98 Å². The second-order valence-electron chi connectivity index (χ2n) is 4.40. The summed E-state index contributed by atoms with van der Waals surface area (Å²) in [6, 6.07) is 6.77. The van der Waals surface area contributed by atoms with Crippen molar-refractivity contribution in [2.45, 2.75) is 13.5 Å². The van der Waals surface area contributed by atoms with Crippen LogP contribution in [0.3, 0.4) is 0 Å². The summed E-state index contributed by atoms with van der Waals surface area (Å²) in [5.41, 5.74) is 8.70. The van der Waals surface area contributed by atoms with Crippen LogP contribution in [0.4, 0.5) is 5.69 Å². The van der Waals surface area contributed by atoms with Gasteiger partial charge in [-0.3, -0.25) is 4.98 Å². The number of esters is 1. The van der Waals surface area contributed by atoms with E-state index in [0.29, 0.717) is 23.6 Å². The third-order valence-corrected chi connectivity index (χ3v) is 2.76.